The van der Waals surface area contributed by atoms with Gasteiger partial charge in [-0.15, -0.1) is 13.2 Å². The molecule has 1 N–H and O–H groups in total. The lowest BCUT2D eigenvalue weighted by Crippen LogP contribution is -2.38. The Labute approximate surface area is 108 Å². The molecule has 0 amide bonds. The summed E-state index contributed by atoms with van der Waals surface area (Å²) in [6.07, 6.45) is -1.96. The summed E-state index contributed by atoms with van der Waals surface area (Å²) in [5, 5.41) is 3.10. The predicted octanol–water partition coefficient (Wildman–Crippen LogP) is 2.11. The predicted molar refractivity (Wildman–Crippen MR) is 59.9 cm³/mol. The van der Waals surface area contributed by atoms with Crippen molar-refractivity contribution in [2.75, 3.05) is 6.61 Å². The van der Waals surface area contributed by atoms with Crippen LogP contribution in [0.15, 0.2) is 11.8 Å². The minimum absolute atomic E-state index is 0.0231. The molecule has 0 aromatic rings. The number of esters is 1. The molecule has 1 fully saturated rings. The minimum Gasteiger partial charge on any atom is -0.465 e. The molecule has 1 saturated heterocycles. The minimum atomic E-state index is -4.65. The summed E-state index contributed by atoms with van der Waals surface area (Å²) >= 11 is 0. The number of hydrogen-bond donors (Lipinski definition) is 1. The molecule has 0 bridgehead atoms. The molecule has 1 aliphatic heterocycles. The van der Waals surface area contributed by atoms with Gasteiger partial charge in [0.2, 0.25) is 0 Å². The summed E-state index contributed by atoms with van der Waals surface area (Å²) in [6.45, 7) is 2.01. The van der Waals surface area contributed by atoms with Crippen LogP contribution in [-0.4, -0.2) is 31.0 Å². The molecule has 3 unspecified atom stereocenters. The van der Waals surface area contributed by atoms with Crippen molar-refractivity contribution < 1.29 is 27.4 Å². The van der Waals surface area contributed by atoms with E-state index in [0.717, 1.165) is 0 Å². The highest BCUT2D eigenvalue weighted by molar-refractivity contribution is 5.76. The number of fused-ring (bicyclic) bond motifs is 1. The van der Waals surface area contributed by atoms with Gasteiger partial charge in [0.25, 0.3) is 0 Å². The second-order valence-electron chi connectivity index (χ2n) is 4.70. The third-order valence-corrected chi connectivity index (χ3v) is 3.36. The number of nitrogens with one attached hydrogen (secondary N) is 1. The first kappa shape index (κ1) is 14.2. The monoisotopic (exact) mass is 279 g/mol. The van der Waals surface area contributed by atoms with Crippen molar-refractivity contribution in [3.8, 4) is 0 Å². The summed E-state index contributed by atoms with van der Waals surface area (Å²) in [5.41, 5.74) is 0. The number of halogens is 3. The maximum absolute atomic E-state index is 12.1. The molecular weight excluding hydrogens is 263 g/mol. The topological polar surface area (TPSA) is 47.6 Å². The van der Waals surface area contributed by atoms with Gasteiger partial charge in [-0.25, -0.2) is 0 Å². The quantitative estimate of drug-likeness (QED) is 0.804. The van der Waals surface area contributed by atoms with Crippen molar-refractivity contribution in [1.82, 2.24) is 5.32 Å². The number of rotatable bonds is 3. The summed E-state index contributed by atoms with van der Waals surface area (Å²) in [5.74, 6) is -0.510. The van der Waals surface area contributed by atoms with Gasteiger partial charge in [0, 0.05) is 12.5 Å². The van der Waals surface area contributed by atoms with Crippen LogP contribution in [0, 0.1) is 5.92 Å². The lowest BCUT2D eigenvalue weighted by Gasteiger charge is -2.24. The van der Waals surface area contributed by atoms with E-state index < -0.39 is 12.4 Å². The average Bonchev–Trinajstić information content (AvgIpc) is 2.70. The fourth-order valence-electron chi connectivity index (χ4n) is 2.63. The van der Waals surface area contributed by atoms with Crippen molar-refractivity contribution in [1.29, 1.82) is 0 Å². The maximum Gasteiger partial charge on any atom is 0.572 e. The number of carbonyl (C=O) groups excluding carboxylic acids is 1. The zero-order chi connectivity index (χ0) is 14.0. The van der Waals surface area contributed by atoms with Crippen LogP contribution >= 0.6 is 0 Å². The molecule has 3 atom stereocenters. The van der Waals surface area contributed by atoms with E-state index in [0.29, 0.717) is 19.4 Å². The average molecular weight is 279 g/mol. The van der Waals surface area contributed by atoms with E-state index >= 15 is 0 Å². The van der Waals surface area contributed by atoms with Gasteiger partial charge in [0.05, 0.1) is 6.61 Å². The maximum atomic E-state index is 12.1. The van der Waals surface area contributed by atoms with Crippen LogP contribution in [0.2, 0.25) is 0 Å². The normalized spacial score (nSPS) is 30.5. The van der Waals surface area contributed by atoms with Crippen LogP contribution in [0.4, 0.5) is 13.2 Å². The molecule has 2 aliphatic rings. The van der Waals surface area contributed by atoms with E-state index in [1.165, 1.54) is 6.08 Å². The highest BCUT2D eigenvalue weighted by Crippen LogP contribution is 2.35. The van der Waals surface area contributed by atoms with Gasteiger partial charge in [-0.2, -0.15) is 0 Å². The van der Waals surface area contributed by atoms with Gasteiger partial charge in [0.1, 0.15) is 11.8 Å². The molecule has 2 rings (SSSR count). The molecule has 0 aromatic heterocycles. The van der Waals surface area contributed by atoms with E-state index in [9.17, 15) is 18.0 Å². The van der Waals surface area contributed by atoms with Crippen LogP contribution in [0.25, 0.3) is 0 Å². The van der Waals surface area contributed by atoms with Crippen molar-refractivity contribution in [3.63, 3.8) is 0 Å². The van der Waals surface area contributed by atoms with E-state index in [-0.39, 0.29) is 30.1 Å². The fourth-order valence-corrected chi connectivity index (χ4v) is 2.63. The number of alkyl halides is 3. The van der Waals surface area contributed by atoms with Crippen LogP contribution in [0.1, 0.15) is 26.2 Å². The van der Waals surface area contributed by atoms with Crippen molar-refractivity contribution in [2.24, 2.45) is 5.92 Å². The first-order chi connectivity index (χ1) is 8.89. The molecule has 7 heteroatoms. The van der Waals surface area contributed by atoms with Crippen LogP contribution in [0.3, 0.4) is 0 Å². The van der Waals surface area contributed by atoms with E-state index in [2.05, 4.69) is 10.1 Å². The molecule has 1 heterocycles. The SMILES string of the molecule is CCOC(=O)C1CC2C=C(OC(F)(F)F)CCC2N1. The Hall–Kier alpha value is -1.24. The van der Waals surface area contributed by atoms with Crippen LogP contribution < -0.4 is 5.32 Å². The standard InChI is InChI=1S/C12H16F3NO3/c1-2-18-11(17)10-6-7-5-8(19-12(13,14)15)3-4-9(7)16-10/h5,7,9-10,16H,2-4,6H2,1H3. The van der Waals surface area contributed by atoms with Crippen LogP contribution in [0.5, 0.6) is 0 Å². The Morgan fingerprint density at radius 3 is 2.89 bits per heavy atom. The first-order valence-corrected chi connectivity index (χ1v) is 6.28. The third-order valence-electron chi connectivity index (χ3n) is 3.36. The Balaban J connectivity index is 1.97. The Kier molecular flexibility index (Phi) is 4.03. The summed E-state index contributed by atoms with van der Waals surface area (Å²) in [4.78, 5) is 11.6. The zero-order valence-electron chi connectivity index (χ0n) is 10.5. The number of ether oxygens (including phenoxy) is 2. The number of hydrogen-bond acceptors (Lipinski definition) is 4. The van der Waals surface area contributed by atoms with E-state index in [1.54, 1.807) is 6.92 Å². The number of allylic oxidation sites excluding steroid dienone is 1. The van der Waals surface area contributed by atoms with E-state index in [1.807, 2.05) is 0 Å². The fraction of sp³-hybridized carbons (Fsp3) is 0.750. The first-order valence-electron chi connectivity index (χ1n) is 6.28. The molecule has 4 nitrogen and oxygen atoms in total. The molecule has 19 heavy (non-hydrogen) atoms. The van der Waals surface area contributed by atoms with Gasteiger partial charge < -0.3 is 14.8 Å². The zero-order valence-corrected chi connectivity index (χ0v) is 10.5. The van der Waals surface area contributed by atoms with Gasteiger partial charge in [-0.3, -0.25) is 4.79 Å². The summed E-state index contributed by atoms with van der Waals surface area (Å²) in [6, 6.07) is -0.411. The van der Waals surface area contributed by atoms with Gasteiger partial charge in [0.15, 0.2) is 0 Å². The molecule has 0 spiro atoms. The van der Waals surface area contributed by atoms with Crippen molar-refractivity contribution in [3.05, 3.63) is 11.8 Å². The lowest BCUT2D eigenvalue weighted by molar-refractivity contribution is -0.307. The summed E-state index contributed by atoms with van der Waals surface area (Å²) < 4.78 is 45.3. The largest absolute Gasteiger partial charge is 0.572 e. The second kappa shape index (κ2) is 5.40. The van der Waals surface area contributed by atoms with Gasteiger partial charge in [-0.1, -0.05) is 0 Å². The molecule has 0 aromatic carbocycles. The third kappa shape index (κ3) is 3.62. The molecule has 0 radical (unpaired) electrons. The van der Waals surface area contributed by atoms with Crippen molar-refractivity contribution >= 4 is 5.97 Å². The highest BCUT2D eigenvalue weighted by Gasteiger charge is 2.41. The molecule has 1 aliphatic carbocycles. The molecular formula is C12H16F3NO3. The second-order valence-corrected chi connectivity index (χ2v) is 4.70. The molecule has 108 valence electrons. The Morgan fingerprint density at radius 1 is 1.53 bits per heavy atom. The molecule has 0 saturated carbocycles. The summed E-state index contributed by atoms with van der Waals surface area (Å²) in [7, 11) is 0. The van der Waals surface area contributed by atoms with Gasteiger partial charge in [-0.05, 0) is 31.8 Å². The highest BCUT2D eigenvalue weighted by atomic mass is 19.4. The van der Waals surface area contributed by atoms with Crippen LogP contribution in [-0.2, 0) is 14.3 Å². The lowest BCUT2D eigenvalue weighted by atomic mass is 9.89. The van der Waals surface area contributed by atoms with Gasteiger partial charge >= 0.3 is 12.3 Å². The Bertz CT molecular complexity index is 381. The Morgan fingerprint density at radius 2 is 2.26 bits per heavy atom. The smallest absolute Gasteiger partial charge is 0.465 e. The van der Waals surface area contributed by atoms with Crippen molar-refractivity contribution in [2.45, 2.75) is 44.6 Å². The van der Waals surface area contributed by atoms with E-state index in [4.69, 9.17) is 4.74 Å². The number of carbonyl (C=O) groups is 1.